The summed E-state index contributed by atoms with van der Waals surface area (Å²) in [6, 6.07) is 0. The van der Waals surface area contributed by atoms with Gasteiger partial charge in [0.2, 0.25) is 0 Å². The molecule has 0 aromatic rings. The zero-order valence-electron chi connectivity index (χ0n) is 11.3. The summed E-state index contributed by atoms with van der Waals surface area (Å²) in [6.45, 7) is 6.04. The van der Waals surface area contributed by atoms with Crippen LogP contribution in [0.5, 0.6) is 0 Å². The van der Waals surface area contributed by atoms with E-state index in [2.05, 4.69) is 6.58 Å². The van der Waals surface area contributed by atoms with Gasteiger partial charge in [0.25, 0.3) is 0 Å². The molecule has 104 valence electrons. The van der Waals surface area contributed by atoms with Crippen molar-refractivity contribution in [3.63, 3.8) is 0 Å². The van der Waals surface area contributed by atoms with Crippen LogP contribution in [0.25, 0.3) is 0 Å². The average Bonchev–Trinajstić information content (AvgIpc) is 2.55. The summed E-state index contributed by atoms with van der Waals surface area (Å²) in [5.74, 6) is -1.74. The fraction of sp³-hybridized carbons (Fsp3) is 0.438. The van der Waals surface area contributed by atoms with E-state index in [1.807, 2.05) is 0 Å². The molecule has 20 heavy (non-hydrogen) atoms. The summed E-state index contributed by atoms with van der Waals surface area (Å²) in [4.78, 5) is 36.3. The molecule has 4 atom stereocenters. The van der Waals surface area contributed by atoms with E-state index >= 15 is 0 Å². The minimum atomic E-state index is -0.470. The summed E-state index contributed by atoms with van der Waals surface area (Å²) < 4.78 is 4.99. The minimum Gasteiger partial charge on any atom is -0.462 e. The van der Waals surface area contributed by atoms with E-state index in [-0.39, 0.29) is 17.5 Å². The van der Waals surface area contributed by atoms with Crippen LogP contribution in [0, 0.1) is 23.7 Å². The van der Waals surface area contributed by atoms with E-state index in [0.717, 1.165) is 5.57 Å². The molecule has 0 heterocycles. The van der Waals surface area contributed by atoms with Crippen LogP contribution in [-0.4, -0.2) is 24.1 Å². The lowest BCUT2D eigenvalue weighted by Gasteiger charge is -2.31. The van der Waals surface area contributed by atoms with Gasteiger partial charge in [0.05, 0.1) is 24.0 Å². The van der Waals surface area contributed by atoms with Crippen LogP contribution < -0.4 is 0 Å². The molecule has 0 aliphatic heterocycles. The van der Waals surface area contributed by atoms with E-state index in [1.54, 1.807) is 25.2 Å². The highest BCUT2D eigenvalue weighted by atomic mass is 16.5. The third-order valence-corrected chi connectivity index (χ3v) is 4.45. The number of carbonyl (C=O) groups excluding carboxylic acids is 3. The second kappa shape index (κ2) is 4.54. The number of hydrogen-bond acceptors (Lipinski definition) is 4. The van der Waals surface area contributed by atoms with Gasteiger partial charge in [-0.15, -0.1) is 0 Å². The Morgan fingerprint density at radius 1 is 1.40 bits per heavy atom. The molecule has 0 aromatic heterocycles. The number of carbonyl (C=O) groups is 3. The Bertz CT molecular complexity index is 581. The molecule has 2 fully saturated rings. The van der Waals surface area contributed by atoms with Crippen LogP contribution in [-0.2, 0) is 19.1 Å². The van der Waals surface area contributed by atoms with Gasteiger partial charge in [-0.25, -0.2) is 4.79 Å². The summed E-state index contributed by atoms with van der Waals surface area (Å²) in [6.07, 6.45) is 5.29. The molecular weight excluding hydrogens is 256 g/mol. The number of hydrogen-bond donors (Lipinski definition) is 0. The molecule has 3 rings (SSSR count). The van der Waals surface area contributed by atoms with Crippen molar-refractivity contribution in [3.05, 3.63) is 36.0 Å². The van der Waals surface area contributed by atoms with Crippen LogP contribution in [0.3, 0.4) is 0 Å². The smallest absolute Gasteiger partial charge is 0.337 e. The highest BCUT2D eigenvalue weighted by Gasteiger charge is 2.53. The van der Waals surface area contributed by atoms with Gasteiger partial charge in [-0.2, -0.15) is 0 Å². The monoisotopic (exact) mass is 272 g/mol. The predicted molar refractivity (Wildman–Crippen MR) is 71.6 cm³/mol. The highest BCUT2D eigenvalue weighted by Crippen LogP contribution is 2.50. The van der Waals surface area contributed by atoms with Crippen LogP contribution in [0.15, 0.2) is 36.0 Å². The van der Waals surface area contributed by atoms with Gasteiger partial charge in [0.15, 0.2) is 0 Å². The maximum Gasteiger partial charge on any atom is 0.337 e. The Balaban J connectivity index is 2.03. The van der Waals surface area contributed by atoms with Crippen LogP contribution in [0.4, 0.5) is 0 Å². The lowest BCUT2D eigenvalue weighted by molar-refractivity contribution is -0.138. The van der Waals surface area contributed by atoms with Gasteiger partial charge in [-0.1, -0.05) is 30.4 Å². The predicted octanol–water partition coefficient (Wildman–Crippen LogP) is 1.62. The third kappa shape index (κ3) is 1.71. The molecule has 0 spiro atoms. The summed E-state index contributed by atoms with van der Waals surface area (Å²) >= 11 is 0. The zero-order chi connectivity index (χ0) is 14.4. The van der Waals surface area contributed by atoms with E-state index in [4.69, 9.17) is 4.74 Å². The number of ketones is 2. The van der Waals surface area contributed by atoms with Gasteiger partial charge in [-0.3, -0.25) is 9.59 Å². The molecule has 2 saturated carbocycles. The molecule has 4 bridgehead atoms. The summed E-state index contributed by atoms with van der Waals surface area (Å²) in [7, 11) is 0. The topological polar surface area (TPSA) is 60.4 Å². The maximum absolute atomic E-state index is 12.5. The van der Waals surface area contributed by atoms with Crippen molar-refractivity contribution in [1.82, 2.24) is 0 Å². The zero-order valence-corrected chi connectivity index (χ0v) is 11.3. The molecular formula is C16H16O4. The molecule has 0 radical (unpaired) electrons. The van der Waals surface area contributed by atoms with Crippen LogP contribution >= 0.6 is 0 Å². The number of allylic oxidation sites excluding steroid dienone is 3. The van der Waals surface area contributed by atoms with Gasteiger partial charge in [-0.05, 0) is 6.92 Å². The number of rotatable bonds is 2. The first-order chi connectivity index (χ1) is 9.54. The highest BCUT2D eigenvalue weighted by molar-refractivity contribution is 6.03. The van der Waals surface area contributed by atoms with Crippen molar-refractivity contribution in [3.8, 4) is 0 Å². The van der Waals surface area contributed by atoms with Crippen LogP contribution in [0.2, 0.25) is 0 Å². The molecule has 0 amide bonds. The SMILES string of the molecule is C=C1[C@H]2C(=O)C[C@@H]1[C@H]1C=C(C(=O)OCC)C=C[C@@H]2C1=O. The lowest BCUT2D eigenvalue weighted by Crippen LogP contribution is -2.36. The van der Waals surface area contributed by atoms with Gasteiger partial charge < -0.3 is 4.74 Å². The van der Waals surface area contributed by atoms with Crippen molar-refractivity contribution in [2.24, 2.45) is 23.7 Å². The quantitative estimate of drug-likeness (QED) is 0.566. The number of fused-ring (bicyclic) bond motifs is 6. The van der Waals surface area contributed by atoms with E-state index < -0.39 is 23.7 Å². The Kier molecular flexibility index (Phi) is 2.96. The third-order valence-electron chi connectivity index (χ3n) is 4.45. The second-order valence-corrected chi connectivity index (χ2v) is 5.49. The molecule has 3 aliphatic carbocycles. The van der Waals surface area contributed by atoms with Crippen molar-refractivity contribution >= 4 is 17.5 Å². The largest absolute Gasteiger partial charge is 0.462 e. The van der Waals surface area contributed by atoms with E-state index in [0.29, 0.717) is 18.6 Å². The normalized spacial score (nSPS) is 34.9. The van der Waals surface area contributed by atoms with Crippen molar-refractivity contribution in [1.29, 1.82) is 0 Å². The van der Waals surface area contributed by atoms with Gasteiger partial charge in [0.1, 0.15) is 11.6 Å². The number of ether oxygens (including phenoxy) is 1. The summed E-state index contributed by atoms with van der Waals surface area (Å²) in [5, 5.41) is 0. The first kappa shape index (κ1) is 13.0. The van der Waals surface area contributed by atoms with Crippen LogP contribution in [0.1, 0.15) is 13.3 Å². The lowest BCUT2D eigenvalue weighted by atomic mass is 9.70. The Morgan fingerprint density at radius 2 is 2.15 bits per heavy atom. The molecule has 0 saturated heterocycles. The standard InChI is InChI=1S/C16H16O4/c1-3-20-16(19)9-4-5-10-14-8(2)11(7-13(14)17)12(6-9)15(10)18/h4-6,10-12,14H,2-3,7H2,1H3/t10-,11-,12+,14+/m0/s1. The molecule has 0 aromatic carbocycles. The Morgan fingerprint density at radius 3 is 2.85 bits per heavy atom. The van der Waals surface area contributed by atoms with Crippen molar-refractivity contribution in [2.45, 2.75) is 13.3 Å². The van der Waals surface area contributed by atoms with Gasteiger partial charge >= 0.3 is 5.97 Å². The molecule has 4 nitrogen and oxygen atoms in total. The van der Waals surface area contributed by atoms with E-state index in [9.17, 15) is 14.4 Å². The van der Waals surface area contributed by atoms with Crippen molar-refractivity contribution in [2.75, 3.05) is 6.61 Å². The summed E-state index contributed by atoms with van der Waals surface area (Å²) in [5.41, 5.74) is 1.25. The molecule has 4 heteroatoms. The molecule has 0 unspecified atom stereocenters. The average molecular weight is 272 g/mol. The number of esters is 1. The first-order valence-corrected chi connectivity index (χ1v) is 6.87. The first-order valence-electron chi connectivity index (χ1n) is 6.87. The van der Waals surface area contributed by atoms with Gasteiger partial charge in [0, 0.05) is 18.3 Å². The molecule has 3 aliphatic rings. The van der Waals surface area contributed by atoms with E-state index in [1.165, 1.54) is 0 Å². The fourth-order valence-corrected chi connectivity index (χ4v) is 3.50. The minimum absolute atomic E-state index is 0.0220. The van der Waals surface area contributed by atoms with Crippen molar-refractivity contribution < 1.29 is 19.1 Å². The molecule has 0 N–H and O–H groups in total. The Labute approximate surface area is 117 Å². The fourth-order valence-electron chi connectivity index (χ4n) is 3.50. The second-order valence-electron chi connectivity index (χ2n) is 5.49. The number of Topliss-reactive ketones (excluding diaryl/α,β-unsaturated/α-hetero) is 2. The Hall–Kier alpha value is -1.97. The maximum atomic E-state index is 12.5.